The van der Waals surface area contributed by atoms with E-state index < -0.39 is 0 Å². The number of azo groups is 1. The van der Waals surface area contributed by atoms with Gasteiger partial charge >= 0.3 is 0 Å². The highest BCUT2D eigenvalue weighted by Gasteiger charge is 2.09. The van der Waals surface area contributed by atoms with Crippen molar-refractivity contribution in [3.8, 4) is 11.4 Å². The molecule has 0 aliphatic carbocycles. The fourth-order valence-electron chi connectivity index (χ4n) is 1.37. The van der Waals surface area contributed by atoms with Gasteiger partial charge in [0.15, 0.2) is 11.6 Å². The first-order chi connectivity index (χ1) is 8.93. The number of hydrogen-bond donors (Lipinski definition) is 2. The van der Waals surface area contributed by atoms with Crippen molar-refractivity contribution in [1.82, 2.24) is 30.4 Å². The van der Waals surface area contributed by atoms with Crippen LogP contribution >= 0.6 is 0 Å². The van der Waals surface area contributed by atoms with Crippen molar-refractivity contribution in [3.05, 3.63) is 36.9 Å². The number of nitrogens with zero attached hydrogens (tertiary/aromatic N) is 6. The summed E-state index contributed by atoms with van der Waals surface area (Å²) in [6.07, 6.45) is 6.66. The predicted octanol–water partition coefficient (Wildman–Crippen LogP) is 2.01. The minimum absolute atomic E-state index is 0.421. The van der Waals surface area contributed by atoms with Crippen LogP contribution in [0.2, 0.25) is 0 Å². The van der Waals surface area contributed by atoms with Gasteiger partial charge in [0, 0.05) is 30.9 Å². The summed E-state index contributed by atoms with van der Waals surface area (Å²) in [7, 11) is 0. The lowest BCUT2D eigenvalue weighted by molar-refractivity contribution is 1.02. The quantitative estimate of drug-likeness (QED) is 0.682. The van der Waals surface area contributed by atoms with Crippen molar-refractivity contribution in [3.63, 3.8) is 0 Å². The molecule has 0 unspecified atom stereocenters. The fraction of sp³-hybridized carbons (Fsp3) is 0. The zero-order valence-corrected chi connectivity index (χ0v) is 9.15. The van der Waals surface area contributed by atoms with Gasteiger partial charge < -0.3 is 0 Å². The molecule has 0 aromatic carbocycles. The molecule has 0 aliphatic heterocycles. The molecule has 3 aromatic rings. The summed E-state index contributed by atoms with van der Waals surface area (Å²) >= 11 is 0. The highest BCUT2D eigenvalue weighted by Crippen LogP contribution is 2.25. The third kappa shape index (κ3) is 1.98. The van der Waals surface area contributed by atoms with Crippen LogP contribution in [0.1, 0.15) is 0 Å². The molecule has 8 heteroatoms. The van der Waals surface area contributed by atoms with Crippen molar-refractivity contribution >= 4 is 11.6 Å². The first-order valence-electron chi connectivity index (χ1n) is 5.16. The molecule has 18 heavy (non-hydrogen) atoms. The van der Waals surface area contributed by atoms with E-state index in [0.29, 0.717) is 23.0 Å². The van der Waals surface area contributed by atoms with Crippen LogP contribution in [0.5, 0.6) is 0 Å². The Kier molecular flexibility index (Phi) is 2.59. The summed E-state index contributed by atoms with van der Waals surface area (Å²) in [6, 6.07) is 3.45. The fourth-order valence-corrected chi connectivity index (χ4v) is 1.37. The van der Waals surface area contributed by atoms with Crippen LogP contribution in [0.15, 0.2) is 47.1 Å². The second kappa shape index (κ2) is 4.53. The van der Waals surface area contributed by atoms with E-state index in [1.54, 1.807) is 36.9 Å². The molecule has 0 radical (unpaired) electrons. The SMILES string of the molecule is c1cnc(-c2c[nH]nc2N=Nc2cc[nH]n2)nc1. The molecule has 0 saturated heterocycles. The van der Waals surface area contributed by atoms with E-state index >= 15 is 0 Å². The van der Waals surface area contributed by atoms with E-state index in [2.05, 4.69) is 40.6 Å². The Morgan fingerprint density at radius 2 is 1.89 bits per heavy atom. The maximum atomic E-state index is 4.13. The third-order valence-corrected chi connectivity index (χ3v) is 2.16. The van der Waals surface area contributed by atoms with E-state index in [1.165, 1.54) is 0 Å². The Morgan fingerprint density at radius 1 is 1.00 bits per heavy atom. The van der Waals surface area contributed by atoms with Crippen LogP contribution in [-0.4, -0.2) is 30.4 Å². The summed E-state index contributed by atoms with van der Waals surface area (Å²) in [5.74, 6) is 1.45. The zero-order valence-electron chi connectivity index (χ0n) is 9.15. The van der Waals surface area contributed by atoms with Gasteiger partial charge in [0.2, 0.25) is 5.82 Å². The first kappa shape index (κ1) is 10.3. The summed E-state index contributed by atoms with van der Waals surface area (Å²) in [5.41, 5.74) is 0.690. The Bertz CT molecular complexity index is 640. The van der Waals surface area contributed by atoms with Gasteiger partial charge in [-0.05, 0) is 6.07 Å². The normalized spacial score (nSPS) is 11.1. The van der Waals surface area contributed by atoms with Crippen LogP contribution in [0.25, 0.3) is 11.4 Å². The Balaban J connectivity index is 1.93. The summed E-state index contributed by atoms with van der Waals surface area (Å²) in [5, 5.41) is 21.2. The molecule has 88 valence electrons. The van der Waals surface area contributed by atoms with Crippen LogP contribution in [0.3, 0.4) is 0 Å². The third-order valence-electron chi connectivity index (χ3n) is 2.16. The molecule has 0 atom stereocenters. The number of H-pyrrole nitrogens is 2. The van der Waals surface area contributed by atoms with Crippen molar-refractivity contribution in [1.29, 1.82) is 0 Å². The van der Waals surface area contributed by atoms with Gasteiger partial charge in [0.1, 0.15) is 0 Å². The Labute approximate surface area is 101 Å². The van der Waals surface area contributed by atoms with Crippen LogP contribution in [-0.2, 0) is 0 Å². The number of aromatic nitrogens is 6. The topological polar surface area (TPSA) is 108 Å². The largest absolute Gasteiger partial charge is 0.283 e. The van der Waals surface area contributed by atoms with Gasteiger partial charge in [-0.2, -0.15) is 10.2 Å². The summed E-state index contributed by atoms with van der Waals surface area (Å²) < 4.78 is 0. The molecule has 0 bridgehead atoms. The average molecular weight is 240 g/mol. The van der Waals surface area contributed by atoms with Crippen LogP contribution in [0, 0.1) is 0 Å². The summed E-state index contributed by atoms with van der Waals surface area (Å²) in [4.78, 5) is 8.26. The smallest absolute Gasteiger partial charge is 0.206 e. The Morgan fingerprint density at radius 3 is 2.67 bits per heavy atom. The molecule has 0 amide bonds. The van der Waals surface area contributed by atoms with Gasteiger partial charge in [0.25, 0.3) is 0 Å². The number of aromatic amines is 2. The number of rotatable bonds is 3. The van der Waals surface area contributed by atoms with E-state index in [-0.39, 0.29) is 0 Å². The van der Waals surface area contributed by atoms with E-state index in [9.17, 15) is 0 Å². The predicted molar refractivity (Wildman–Crippen MR) is 62.4 cm³/mol. The summed E-state index contributed by atoms with van der Waals surface area (Å²) in [6.45, 7) is 0. The second-order valence-electron chi connectivity index (χ2n) is 3.33. The maximum absolute atomic E-state index is 4.13. The van der Waals surface area contributed by atoms with E-state index in [4.69, 9.17) is 0 Å². The van der Waals surface area contributed by atoms with E-state index in [0.717, 1.165) is 0 Å². The monoisotopic (exact) mass is 240 g/mol. The first-order valence-corrected chi connectivity index (χ1v) is 5.16. The van der Waals surface area contributed by atoms with Crippen molar-refractivity contribution in [2.24, 2.45) is 10.2 Å². The minimum Gasteiger partial charge on any atom is -0.283 e. The van der Waals surface area contributed by atoms with Crippen LogP contribution in [0.4, 0.5) is 11.6 Å². The number of hydrogen-bond acceptors (Lipinski definition) is 6. The van der Waals surface area contributed by atoms with Gasteiger partial charge in [0.05, 0.1) is 5.56 Å². The van der Waals surface area contributed by atoms with Gasteiger partial charge in [-0.3, -0.25) is 10.2 Å². The number of nitrogens with one attached hydrogen (secondary N) is 2. The lowest BCUT2D eigenvalue weighted by Gasteiger charge is -1.94. The van der Waals surface area contributed by atoms with Crippen molar-refractivity contribution in [2.75, 3.05) is 0 Å². The van der Waals surface area contributed by atoms with Crippen molar-refractivity contribution in [2.45, 2.75) is 0 Å². The van der Waals surface area contributed by atoms with Gasteiger partial charge in [-0.15, -0.1) is 10.2 Å². The molecular formula is C10H8N8. The molecule has 0 aliphatic rings. The van der Waals surface area contributed by atoms with Crippen molar-refractivity contribution < 1.29 is 0 Å². The van der Waals surface area contributed by atoms with Gasteiger partial charge in [-0.1, -0.05) is 0 Å². The Hall–Kier alpha value is -2.90. The lowest BCUT2D eigenvalue weighted by atomic mass is 10.3. The van der Waals surface area contributed by atoms with E-state index in [1.807, 2.05) is 0 Å². The molecule has 3 rings (SSSR count). The minimum atomic E-state index is 0.421. The molecule has 8 nitrogen and oxygen atoms in total. The molecule has 3 aromatic heterocycles. The molecule has 2 N–H and O–H groups in total. The zero-order chi connectivity index (χ0) is 12.2. The molecule has 3 heterocycles. The molecule has 0 saturated carbocycles. The maximum Gasteiger partial charge on any atom is 0.206 e. The average Bonchev–Trinajstić information content (AvgIpc) is 3.09. The van der Waals surface area contributed by atoms with Crippen LogP contribution < -0.4 is 0 Å². The standard InChI is InChI=1S/C10H8N8/c1-3-11-9(12-4-1)7-6-14-17-10(7)18-16-8-2-5-13-15-8/h1-6H,(H,13,15)(H,14,17). The second-order valence-corrected chi connectivity index (χ2v) is 3.33. The highest BCUT2D eigenvalue weighted by molar-refractivity contribution is 5.66. The molecule has 0 fully saturated rings. The van der Waals surface area contributed by atoms with Gasteiger partial charge in [-0.25, -0.2) is 9.97 Å². The lowest BCUT2D eigenvalue weighted by Crippen LogP contribution is -1.84. The highest BCUT2D eigenvalue weighted by atomic mass is 15.3. The molecular weight excluding hydrogens is 232 g/mol. The molecule has 0 spiro atoms.